The normalized spacial score (nSPS) is 16.7. The number of methoxy groups -OCH3 is 1. The lowest BCUT2D eigenvalue weighted by Gasteiger charge is -2.15. The zero-order chi connectivity index (χ0) is 20.2. The van der Waals surface area contributed by atoms with Gasteiger partial charge in [-0.2, -0.15) is 0 Å². The van der Waals surface area contributed by atoms with E-state index in [4.69, 9.17) is 9.15 Å². The van der Waals surface area contributed by atoms with Crippen molar-refractivity contribution in [2.45, 2.75) is 25.8 Å². The lowest BCUT2D eigenvalue weighted by molar-refractivity contribution is -0.114. The van der Waals surface area contributed by atoms with Gasteiger partial charge in [0.1, 0.15) is 5.75 Å². The molecule has 1 aromatic heterocycles. The molecule has 0 bridgehead atoms. The second-order valence-corrected chi connectivity index (χ2v) is 7.24. The first-order chi connectivity index (χ1) is 14.1. The van der Waals surface area contributed by atoms with Crippen molar-refractivity contribution in [2.75, 3.05) is 25.5 Å². The fraction of sp³-hybridized carbons (Fsp3) is 0.318. The van der Waals surface area contributed by atoms with E-state index in [9.17, 15) is 4.79 Å². The molecule has 1 saturated heterocycles. The minimum absolute atomic E-state index is 0.0628. The molecule has 29 heavy (non-hydrogen) atoms. The molecule has 1 unspecified atom stereocenters. The van der Waals surface area contributed by atoms with Crippen LogP contribution < -0.4 is 10.1 Å². The highest BCUT2D eigenvalue weighted by Gasteiger charge is 2.28. The largest absolute Gasteiger partial charge is 0.496 e. The minimum atomic E-state index is -0.0628. The second-order valence-electron chi connectivity index (χ2n) is 7.24. The van der Waals surface area contributed by atoms with E-state index in [1.165, 1.54) is 12.5 Å². The zero-order valence-electron chi connectivity index (χ0n) is 16.6. The number of amides is 1. The van der Waals surface area contributed by atoms with E-state index in [-0.39, 0.29) is 11.8 Å². The first kappa shape index (κ1) is 19.1. The van der Waals surface area contributed by atoms with Gasteiger partial charge in [-0.1, -0.05) is 24.3 Å². The van der Waals surface area contributed by atoms with Gasteiger partial charge in [-0.05, 0) is 42.8 Å². The fourth-order valence-electron chi connectivity index (χ4n) is 3.66. The summed E-state index contributed by atoms with van der Waals surface area (Å²) in [5.74, 6) is 2.05. The fourth-order valence-corrected chi connectivity index (χ4v) is 3.66. The number of hydrogen-bond acceptors (Lipinski definition) is 6. The highest BCUT2D eigenvalue weighted by Crippen LogP contribution is 2.32. The van der Waals surface area contributed by atoms with Gasteiger partial charge >= 0.3 is 0 Å². The third-order valence-corrected chi connectivity index (χ3v) is 5.08. The number of ether oxygens (including phenoxy) is 1. The van der Waals surface area contributed by atoms with Gasteiger partial charge in [0.2, 0.25) is 11.8 Å². The number of para-hydroxylation sites is 1. The Hall–Kier alpha value is -3.19. The van der Waals surface area contributed by atoms with Crippen LogP contribution in [0.15, 0.2) is 52.9 Å². The average Bonchev–Trinajstić information content (AvgIpc) is 3.38. The van der Waals surface area contributed by atoms with Crippen LogP contribution in [0.3, 0.4) is 0 Å². The molecule has 1 aliphatic rings. The summed E-state index contributed by atoms with van der Waals surface area (Å²) in [6.45, 7) is 4.21. The van der Waals surface area contributed by atoms with Gasteiger partial charge in [-0.25, -0.2) is 0 Å². The molecular weight excluding hydrogens is 368 g/mol. The Labute approximate surface area is 169 Å². The van der Waals surface area contributed by atoms with Crippen molar-refractivity contribution in [3.63, 3.8) is 0 Å². The van der Waals surface area contributed by atoms with Crippen LogP contribution in [-0.2, 0) is 11.3 Å². The first-order valence-corrected chi connectivity index (χ1v) is 9.68. The number of carbonyl (C=O) groups is 1. The van der Waals surface area contributed by atoms with Gasteiger partial charge in [-0.3, -0.25) is 9.69 Å². The average molecular weight is 392 g/mol. The number of benzene rings is 2. The molecule has 2 aromatic carbocycles. The number of likely N-dealkylation sites (tertiary alicyclic amines) is 1. The molecule has 0 spiro atoms. The predicted octanol–water partition coefficient (Wildman–Crippen LogP) is 3.69. The SMILES string of the molecule is COc1ccccc1-c1nnc(C2CCN(Cc3ccc(NC(C)=O)cc3)C2)o1. The molecule has 150 valence electrons. The quantitative estimate of drug-likeness (QED) is 0.689. The summed E-state index contributed by atoms with van der Waals surface area (Å²) >= 11 is 0. The standard InChI is InChI=1S/C22H24N4O3/c1-15(27)23-18-9-7-16(8-10-18)13-26-12-11-17(14-26)21-24-25-22(29-21)19-5-3-4-6-20(19)28-2/h3-10,17H,11-14H2,1-2H3,(H,23,27). The van der Waals surface area contributed by atoms with Crippen LogP contribution >= 0.6 is 0 Å². The number of carbonyl (C=O) groups excluding carboxylic acids is 1. The van der Waals surface area contributed by atoms with Crippen LogP contribution in [-0.4, -0.2) is 41.2 Å². The molecule has 7 nitrogen and oxygen atoms in total. The molecule has 1 amide bonds. The highest BCUT2D eigenvalue weighted by molar-refractivity contribution is 5.88. The Morgan fingerprint density at radius 1 is 1.21 bits per heavy atom. The maximum atomic E-state index is 11.1. The highest BCUT2D eigenvalue weighted by atomic mass is 16.5. The Balaban J connectivity index is 1.39. The van der Waals surface area contributed by atoms with Gasteiger partial charge in [0.25, 0.3) is 5.89 Å². The molecule has 0 radical (unpaired) electrons. The van der Waals surface area contributed by atoms with E-state index in [1.807, 2.05) is 48.5 Å². The van der Waals surface area contributed by atoms with Crippen LogP contribution in [0.4, 0.5) is 5.69 Å². The van der Waals surface area contributed by atoms with Gasteiger partial charge in [-0.15, -0.1) is 10.2 Å². The molecule has 1 N–H and O–H groups in total. The molecule has 1 atom stereocenters. The molecule has 7 heteroatoms. The third-order valence-electron chi connectivity index (χ3n) is 5.08. The maximum Gasteiger partial charge on any atom is 0.251 e. The van der Waals surface area contributed by atoms with E-state index >= 15 is 0 Å². The first-order valence-electron chi connectivity index (χ1n) is 9.68. The molecular formula is C22H24N4O3. The Kier molecular flexibility index (Phi) is 5.57. The number of nitrogens with one attached hydrogen (secondary N) is 1. The molecule has 1 aliphatic heterocycles. The van der Waals surface area contributed by atoms with E-state index in [0.717, 1.165) is 43.1 Å². The van der Waals surface area contributed by atoms with Crippen molar-refractivity contribution in [3.05, 3.63) is 60.0 Å². The summed E-state index contributed by atoms with van der Waals surface area (Å²) in [5.41, 5.74) is 2.83. The molecule has 4 rings (SSSR count). The number of nitrogens with zero attached hydrogens (tertiary/aromatic N) is 3. The molecule has 0 aliphatic carbocycles. The molecule has 0 saturated carbocycles. The zero-order valence-corrected chi connectivity index (χ0v) is 16.6. The summed E-state index contributed by atoms with van der Waals surface area (Å²) < 4.78 is 11.4. The number of hydrogen-bond donors (Lipinski definition) is 1. The van der Waals surface area contributed by atoms with Gasteiger partial charge < -0.3 is 14.5 Å². The number of aromatic nitrogens is 2. The van der Waals surface area contributed by atoms with E-state index in [0.29, 0.717) is 11.8 Å². The summed E-state index contributed by atoms with van der Waals surface area (Å²) in [4.78, 5) is 13.5. The van der Waals surface area contributed by atoms with Crippen LogP contribution in [0.1, 0.15) is 30.7 Å². The summed E-state index contributed by atoms with van der Waals surface area (Å²) in [5, 5.41) is 11.3. The monoisotopic (exact) mass is 392 g/mol. The van der Waals surface area contributed by atoms with Crippen molar-refractivity contribution in [1.29, 1.82) is 0 Å². The van der Waals surface area contributed by atoms with Crippen molar-refractivity contribution in [2.24, 2.45) is 0 Å². The van der Waals surface area contributed by atoms with Crippen LogP contribution in [0.25, 0.3) is 11.5 Å². The van der Waals surface area contributed by atoms with Crippen molar-refractivity contribution in [3.8, 4) is 17.2 Å². The number of anilines is 1. The lowest BCUT2D eigenvalue weighted by Crippen LogP contribution is -2.19. The topological polar surface area (TPSA) is 80.5 Å². The van der Waals surface area contributed by atoms with Gasteiger partial charge in [0.15, 0.2) is 0 Å². The third kappa shape index (κ3) is 4.46. The summed E-state index contributed by atoms with van der Waals surface area (Å²) in [6.07, 6.45) is 0.984. The molecule has 1 fully saturated rings. The summed E-state index contributed by atoms with van der Waals surface area (Å²) in [7, 11) is 1.63. The van der Waals surface area contributed by atoms with E-state index in [2.05, 4.69) is 20.4 Å². The Morgan fingerprint density at radius 2 is 2.00 bits per heavy atom. The van der Waals surface area contributed by atoms with E-state index < -0.39 is 0 Å². The minimum Gasteiger partial charge on any atom is -0.496 e. The van der Waals surface area contributed by atoms with Crippen LogP contribution in [0.5, 0.6) is 5.75 Å². The Morgan fingerprint density at radius 3 is 2.76 bits per heavy atom. The van der Waals surface area contributed by atoms with Crippen LogP contribution in [0, 0.1) is 0 Å². The molecule has 3 aromatic rings. The van der Waals surface area contributed by atoms with Crippen molar-refractivity contribution in [1.82, 2.24) is 15.1 Å². The smallest absolute Gasteiger partial charge is 0.251 e. The second kappa shape index (κ2) is 8.45. The maximum absolute atomic E-state index is 11.1. The summed E-state index contributed by atoms with van der Waals surface area (Å²) in [6, 6.07) is 15.6. The van der Waals surface area contributed by atoms with E-state index in [1.54, 1.807) is 7.11 Å². The van der Waals surface area contributed by atoms with Crippen LogP contribution in [0.2, 0.25) is 0 Å². The molecule has 2 heterocycles. The number of rotatable bonds is 6. The van der Waals surface area contributed by atoms with Crippen molar-refractivity contribution >= 4 is 11.6 Å². The predicted molar refractivity (Wildman–Crippen MR) is 110 cm³/mol. The lowest BCUT2D eigenvalue weighted by atomic mass is 10.1. The van der Waals surface area contributed by atoms with Gasteiger partial charge in [0, 0.05) is 25.7 Å². The van der Waals surface area contributed by atoms with Crippen molar-refractivity contribution < 1.29 is 13.9 Å². The van der Waals surface area contributed by atoms with Gasteiger partial charge in [0.05, 0.1) is 18.6 Å². The Bertz CT molecular complexity index is 984.